The van der Waals surface area contributed by atoms with E-state index in [0.717, 1.165) is 44.5 Å². The molecule has 1 N–H and O–H groups in total. The summed E-state index contributed by atoms with van der Waals surface area (Å²) >= 11 is 0. The zero-order valence-corrected chi connectivity index (χ0v) is 7.75. The van der Waals surface area contributed by atoms with Crippen LogP contribution < -0.4 is 0 Å². The highest BCUT2D eigenvalue weighted by Gasteiger charge is 2.04. The fraction of sp³-hybridized carbons (Fsp3) is 0.800. The molecule has 0 fully saturated rings. The highest BCUT2D eigenvalue weighted by molar-refractivity contribution is 4.95. The van der Waals surface area contributed by atoms with Crippen molar-refractivity contribution < 1.29 is 9.84 Å². The fourth-order valence-corrected chi connectivity index (χ4v) is 1.35. The maximum Gasteiger partial charge on any atom is 0.0920 e. The zero-order chi connectivity index (χ0) is 8.81. The Morgan fingerprint density at radius 2 is 2.50 bits per heavy atom. The fourth-order valence-electron chi connectivity index (χ4n) is 1.35. The third-order valence-corrected chi connectivity index (χ3v) is 2.05. The standard InChI is InChI=1S/C10H18O2/c1-9(11)5-4-7-10-6-2-3-8-12-10/h6,9,11H,2-5,7-8H2,1H3/t9-/m1/s1. The molecule has 12 heavy (non-hydrogen) atoms. The molecule has 1 heterocycles. The smallest absolute Gasteiger partial charge is 0.0920 e. The molecule has 0 bridgehead atoms. The van der Waals surface area contributed by atoms with E-state index in [1.165, 1.54) is 0 Å². The van der Waals surface area contributed by atoms with Gasteiger partial charge in [0, 0.05) is 6.42 Å². The van der Waals surface area contributed by atoms with Gasteiger partial charge in [0.25, 0.3) is 0 Å². The van der Waals surface area contributed by atoms with E-state index in [1.807, 2.05) is 6.92 Å². The number of aliphatic hydroxyl groups excluding tert-OH is 1. The molecule has 1 aliphatic rings. The first kappa shape index (κ1) is 9.59. The van der Waals surface area contributed by atoms with Crippen molar-refractivity contribution in [2.75, 3.05) is 6.61 Å². The van der Waals surface area contributed by atoms with E-state index < -0.39 is 0 Å². The predicted octanol–water partition coefficient (Wildman–Crippen LogP) is 2.23. The largest absolute Gasteiger partial charge is 0.498 e. The van der Waals surface area contributed by atoms with Gasteiger partial charge in [-0.2, -0.15) is 0 Å². The molecule has 0 unspecified atom stereocenters. The van der Waals surface area contributed by atoms with Crippen molar-refractivity contribution in [2.24, 2.45) is 0 Å². The van der Waals surface area contributed by atoms with Crippen LogP contribution in [0, 0.1) is 0 Å². The Morgan fingerprint density at radius 3 is 3.08 bits per heavy atom. The monoisotopic (exact) mass is 170 g/mol. The van der Waals surface area contributed by atoms with Crippen LogP contribution in [0.2, 0.25) is 0 Å². The Balaban J connectivity index is 2.09. The van der Waals surface area contributed by atoms with E-state index in [2.05, 4.69) is 6.08 Å². The van der Waals surface area contributed by atoms with Crippen LogP contribution in [-0.4, -0.2) is 17.8 Å². The van der Waals surface area contributed by atoms with Crippen molar-refractivity contribution in [1.29, 1.82) is 0 Å². The SMILES string of the molecule is C[C@@H](O)CCCC1=CCCCO1. The van der Waals surface area contributed by atoms with Crippen LogP contribution >= 0.6 is 0 Å². The van der Waals surface area contributed by atoms with Gasteiger partial charge >= 0.3 is 0 Å². The van der Waals surface area contributed by atoms with Gasteiger partial charge in [-0.15, -0.1) is 0 Å². The molecule has 1 aliphatic heterocycles. The van der Waals surface area contributed by atoms with Crippen molar-refractivity contribution in [3.05, 3.63) is 11.8 Å². The maximum absolute atomic E-state index is 9.02. The van der Waals surface area contributed by atoms with E-state index in [1.54, 1.807) is 0 Å². The first-order chi connectivity index (χ1) is 5.79. The molecule has 0 saturated heterocycles. The summed E-state index contributed by atoms with van der Waals surface area (Å²) in [5.74, 6) is 1.13. The van der Waals surface area contributed by atoms with E-state index in [0.29, 0.717) is 0 Å². The van der Waals surface area contributed by atoms with Gasteiger partial charge < -0.3 is 9.84 Å². The van der Waals surface area contributed by atoms with Crippen LogP contribution in [0.25, 0.3) is 0 Å². The van der Waals surface area contributed by atoms with E-state index in [-0.39, 0.29) is 6.10 Å². The molecule has 0 aliphatic carbocycles. The Morgan fingerprint density at radius 1 is 1.67 bits per heavy atom. The van der Waals surface area contributed by atoms with Crippen molar-refractivity contribution in [3.63, 3.8) is 0 Å². The Kier molecular flexibility index (Phi) is 4.15. The van der Waals surface area contributed by atoms with Gasteiger partial charge in [0.2, 0.25) is 0 Å². The average molecular weight is 170 g/mol. The third kappa shape index (κ3) is 3.77. The molecule has 1 rings (SSSR count). The molecule has 0 radical (unpaired) electrons. The van der Waals surface area contributed by atoms with Crippen LogP contribution in [-0.2, 0) is 4.74 Å². The first-order valence-corrected chi connectivity index (χ1v) is 4.79. The molecule has 1 atom stereocenters. The summed E-state index contributed by atoms with van der Waals surface area (Å²) in [4.78, 5) is 0. The van der Waals surface area contributed by atoms with E-state index in [9.17, 15) is 0 Å². The van der Waals surface area contributed by atoms with E-state index in [4.69, 9.17) is 9.84 Å². The number of allylic oxidation sites excluding steroid dienone is 2. The lowest BCUT2D eigenvalue weighted by Crippen LogP contribution is -2.03. The van der Waals surface area contributed by atoms with Crippen LogP contribution in [0.3, 0.4) is 0 Å². The summed E-state index contributed by atoms with van der Waals surface area (Å²) in [6.45, 7) is 2.70. The van der Waals surface area contributed by atoms with Gasteiger partial charge in [0.05, 0.1) is 18.5 Å². The molecule has 0 saturated carbocycles. The van der Waals surface area contributed by atoms with Crippen molar-refractivity contribution >= 4 is 0 Å². The van der Waals surface area contributed by atoms with Gasteiger partial charge in [0.15, 0.2) is 0 Å². The lowest BCUT2D eigenvalue weighted by atomic mass is 10.1. The summed E-state index contributed by atoms with van der Waals surface area (Å²) in [7, 11) is 0. The second-order valence-electron chi connectivity index (χ2n) is 3.40. The van der Waals surface area contributed by atoms with Crippen molar-refractivity contribution in [2.45, 2.75) is 45.1 Å². The van der Waals surface area contributed by atoms with Gasteiger partial charge in [-0.05, 0) is 38.7 Å². The topological polar surface area (TPSA) is 29.5 Å². The second-order valence-corrected chi connectivity index (χ2v) is 3.40. The molecular weight excluding hydrogens is 152 g/mol. The zero-order valence-electron chi connectivity index (χ0n) is 7.75. The van der Waals surface area contributed by atoms with Crippen LogP contribution in [0.4, 0.5) is 0 Å². The van der Waals surface area contributed by atoms with Crippen LogP contribution in [0.15, 0.2) is 11.8 Å². The molecule has 2 nitrogen and oxygen atoms in total. The number of rotatable bonds is 4. The van der Waals surface area contributed by atoms with Crippen LogP contribution in [0.5, 0.6) is 0 Å². The summed E-state index contributed by atoms with van der Waals surface area (Å²) < 4.78 is 5.44. The first-order valence-electron chi connectivity index (χ1n) is 4.79. The molecule has 0 amide bonds. The second kappa shape index (κ2) is 5.20. The minimum absolute atomic E-state index is 0.172. The van der Waals surface area contributed by atoms with Crippen molar-refractivity contribution in [3.8, 4) is 0 Å². The highest BCUT2D eigenvalue weighted by atomic mass is 16.5. The molecule has 70 valence electrons. The summed E-state index contributed by atoms with van der Waals surface area (Å²) in [6.07, 6.45) is 7.21. The lowest BCUT2D eigenvalue weighted by Gasteiger charge is -2.14. The normalized spacial score (nSPS) is 19.7. The third-order valence-electron chi connectivity index (χ3n) is 2.05. The molecule has 2 heteroatoms. The maximum atomic E-state index is 9.02. The average Bonchev–Trinajstić information content (AvgIpc) is 2.05. The molecule has 0 aromatic carbocycles. The van der Waals surface area contributed by atoms with Gasteiger partial charge in [-0.1, -0.05) is 0 Å². The quantitative estimate of drug-likeness (QED) is 0.701. The molecule has 0 aromatic heterocycles. The lowest BCUT2D eigenvalue weighted by molar-refractivity contribution is 0.164. The van der Waals surface area contributed by atoms with E-state index >= 15 is 0 Å². The number of hydrogen-bond donors (Lipinski definition) is 1. The molecule has 0 spiro atoms. The molecule has 0 aromatic rings. The number of aliphatic hydroxyl groups is 1. The molecular formula is C10H18O2. The number of hydrogen-bond acceptors (Lipinski definition) is 2. The van der Waals surface area contributed by atoms with Crippen LogP contribution in [0.1, 0.15) is 39.0 Å². The number of ether oxygens (including phenoxy) is 1. The Hall–Kier alpha value is -0.500. The summed E-state index contributed by atoms with van der Waals surface area (Å²) in [5.41, 5.74) is 0. The van der Waals surface area contributed by atoms with Crippen molar-refractivity contribution in [1.82, 2.24) is 0 Å². The van der Waals surface area contributed by atoms with Gasteiger partial charge in [-0.3, -0.25) is 0 Å². The van der Waals surface area contributed by atoms with Gasteiger partial charge in [0.1, 0.15) is 0 Å². The minimum atomic E-state index is -0.172. The summed E-state index contributed by atoms with van der Waals surface area (Å²) in [6, 6.07) is 0. The Bertz CT molecular complexity index is 150. The van der Waals surface area contributed by atoms with Gasteiger partial charge in [-0.25, -0.2) is 0 Å². The Labute approximate surface area is 74.2 Å². The summed E-state index contributed by atoms with van der Waals surface area (Å²) in [5, 5.41) is 9.02. The minimum Gasteiger partial charge on any atom is -0.498 e. The highest BCUT2D eigenvalue weighted by Crippen LogP contribution is 2.16. The predicted molar refractivity (Wildman–Crippen MR) is 48.8 cm³/mol.